The first kappa shape index (κ1) is 21.2. The molecule has 1 rings (SSSR count). The minimum atomic E-state index is -0.473. The third kappa shape index (κ3) is 4.83. The molecule has 0 saturated carbocycles. The summed E-state index contributed by atoms with van der Waals surface area (Å²) in [5, 5.41) is 0. The van der Waals surface area contributed by atoms with Crippen molar-refractivity contribution in [2.45, 2.75) is 61.3 Å². The molecule has 0 saturated heterocycles. The molecule has 0 spiro atoms. The Labute approximate surface area is 152 Å². The molecule has 0 unspecified atom stereocenters. The van der Waals surface area contributed by atoms with Gasteiger partial charge in [0.05, 0.1) is 14.2 Å². The highest BCUT2D eigenvalue weighted by atomic mass is 16.5. The van der Waals surface area contributed by atoms with Gasteiger partial charge in [-0.2, -0.15) is 0 Å². The van der Waals surface area contributed by atoms with E-state index in [2.05, 4.69) is 33.8 Å². The second kappa shape index (κ2) is 7.59. The van der Waals surface area contributed by atoms with Crippen molar-refractivity contribution in [3.63, 3.8) is 0 Å². The third-order valence-electron chi connectivity index (χ3n) is 4.42. The molecule has 0 aromatic heterocycles. The average molecular weight is 348 g/mol. The molecule has 0 radical (unpaired) electrons. The Morgan fingerprint density at radius 2 is 1.44 bits per heavy atom. The van der Waals surface area contributed by atoms with Crippen LogP contribution in [0.4, 0.5) is 0 Å². The van der Waals surface area contributed by atoms with Gasteiger partial charge in [0.15, 0.2) is 0 Å². The first-order chi connectivity index (χ1) is 11.4. The molecule has 1 aliphatic rings. The fraction of sp³-hybridized carbons (Fsp3) is 0.619. The summed E-state index contributed by atoms with van der Waals surface area (Å²) in [5.74, 6) is -0.554. The predicted octanol–water partition coefficient (Wildman–Crippen LogP) is 4.76. The molecule has 25 heavy (non-hydrogen) atoms. The summed E-state index contributed by atoms with van der Waals surface area (Å²) < 4.78 is 10.3. The Morgan fingerprint density at radius 1 is 0.960 bits per heavy atom. The summed E-state index contributed by atoms with van der Waals surface area (Å²) >= 11 is 0. The molecule has 0 N–H and O–H groups in total. The van der Waals surface area contributed by atoms with E-state index in [0.717, 1.165) is 6.42 Å². The lowest BCUT2D eigenvalue weighted by molar-refractivity contribution is -0.121. The van der Waals surface area contributed by atoms with E-state index in [1.165, 1.54) is 19.8 Å². The maximum absolute atomic E-state index is 12.9. The predicted molar refractivity (Wildman–Crippen MR) is 100.0 cm³/mol. The van der Waals surface area contributed by atoms with E-state index in [1.54, 1.807) is 6.92 Å². The Hall–Kier alpha value is -1.84. The van der Waals surface area contributed by atoms with Crippen molar-refractivity contribution in [1.29, 1.82) is 0 Å². The number of hydrogen-bond acceptors (Lipinski definition) is 4. The highest BCUT2D eigenvalue weighted by Crippen LogP contribution is 2.40. The molecule has 1 aliphatic carbocycles. The van der Waals surface area contributed by atoms with Crippen molar-refractivity contribution in [2.24, 2.45) is 10.8 Å². The zero-order valence-electron chi connectivity index (χ0n) is 17.1. The van der Waals surface area contributed by atoms with Crippen LogP contribution >= 0.6 is 0 Å². The second-order valence-electron chi connectivity index (χ2n) is 8.60. The summed E-state index contributed by atoms with van der Waals surface area (Å²) in [6.45, 7) is 14.4. The van der Waals surface area contributed by atoms with Crippen molar-refractivity contribution >= 4 is 11.6 Å². The van der Waals surface area contributed by atoms with E-state index in [4.69, 9.17) is 9.47 Å². The lowest BCUT2D eigenvalue weighted by Gasteiger charge is -2.31. The van der Waals surface area contributed by atoms with Crippen LogP contribution in [0.1, 0.15) is 61.3 Å². The van der Waals surface area contributed by atoms with Crippen LogP contribution in [0.15, 0.2) is 34.3 Å². The standard InChI is InChI=1S/C21H32O4/c1-13(12-20(3,4)5)10-11-21(6,7)15-14(2)16(22)18(24-8)19(25-9)17(15)23/h10H,11-12H2,1-9H3. The number of ether oxygens (including phenoxy) is 2. The van der Waals surface area contributed by atoms with E-state index < -0.39 is 5.41 Å². The summed E-state index contributed by atoms with van der Waals surface area (Å²) in [4.78, 5) is 25.5. The van der Waals surface area contributed by atoms with E-state index in [-0.39, 0.29) is 28.5 Å². The van der Waals surface area contributed by atoms with Crippen LogP contribution in [0.5, 0.6) is 0 Å². The zero-order valence-corrected chi connectivity index (χ0v) is 17.1. The normalized spacial score (nSPS) is 17.4. The van der Waals surface area contributed by atoms with E-state index in [1.807, 2.05) is 13.8 Å². The van der Waals surface area contributed by atoms with Crippen molar-refractivity contribution < 1.29 is 19.1 Å². The highest BCUT2D eigenvalue weighted by Gasteiger charge is 2.41. The largest absolute Gasteiger partial charge is 0.489 e. The maximum Gasteiger partial charge on any atom is 0.228 e. The number of ketones is 2. The van der Waals surface area contributed by atoms with Crippen LogP contribution in [-0.2, 0) is 19.1 Å². The lowest BCUT2D eigenvalue weighted by Crippen LogP contribution is -2.32. The van der Waals surface area contributed by atoms with Crippen molar-refractivity contribution in [3.8, 4) is 0 Å². The fourth-order valence-corrected chi connectivity index (χ4v) is 3.40. The quantitative estimate of drug-likeness (QED) is 0.513. The van der Waals surface area contributed by atoms with Gasteiger partial charge in [0.1, 0.15) is 0 Å². The molecule has 0 amide bonds. The van der Waals surface area contributed by atoms with E-state index >= 15 is 0 Å². The van der Waals surface area contributed by atoms with Gasteiger partial charge < -0.3 is 9.47 Å². The van der Waals surface area contributed by atoms with Gasteiger partial charge in [0.25, 0.3) is 0 Å². The lowest BCUT2D eigenvalue weighted by atomic mass is 9.73. The van der Waals surface area contributed by atoms with Gasteiger partial charge in [0.2, 0.25) is 23.1 Å². The number of hydrogen-bond donors (Lipinski definition) is 0. The highest BCUT2D eigenvalue weighted by molar-refractivity contribution is 6.23. The molecule has 0 aliphatic heterocycles. The minimum Gasteiger partial charge on any atom is -0.489 e. The molecule has 0 aromatic rings. The van der Waals surface area contributed by atoms with Gasteiger partial charge in [-0.05, 0) is 37.5 Å². The number of rotatable bonds is 6. The molecule has 0 atom stereocenters. The molecule has 4 nitrogen and oxygen atoms in total. The average Bonchev–Trinajstić information content (AvgIpc) is 2.47. The van der Waals surface area contributed by atoms with Gasteiger partial charge in [-0.15, -0.1) is 0 Å². The fourth-order valence-electron chi connectivity index (χ4n) is 3.40. The topological polar surface area (TPSA) is 52.6 Å². The Balaban J connectivity index is 3.20. The van der Waals surface area contributed by atoms with Crippen LogP contribution < -0.4 is 0 Å². The van der Waals surface area contributed by atoms with Crippen LogP contribution in [-0.4, -0.2) is 25.8 Å². The van der Waals surface area contributed by atoms with Gasteiger partial charge >= 0.3 is 0 Å². The number of Topliss-reactive ketones (excluding diaryl/α,β-unsaturated/α-hetero) is 2. The third-order valence-corrected chi connectivity index (χ3v) is 4.42. The van der Waals surface area contributed by atoms with Crippen LogP contribution in [0, 0.1) is 10.8 Å². The molecule has 4 heteroatoms. The molecule has 0 aromatic carbocycles. The Kier molecular flexibility index (Phi) is 6.44. The summed E-state index contributed by atoms with van der Waals surface area (Å²) in [5.41, 5.74) is 1.98. The molecular formula is C21H32O4. The minimum absolute atomic E-state index is 0.00318. The first-order valence-corrected chi connectivity index (χ1v) is 8.64. The summed E-state index contributed by atoms with van der Waals surface area (Å²) in [7, 11) is 2.76. The molecule has 0 bridgehead atoms. The van der Waals surface area contributed by atoms with Crippen LogP contribution in [0.3, 0.4) is 0 Å². The maximum atomic E-state index is 12.9. The Bertz CT molecular complexity index is 652. The van der Waals surface area contributed by atoms with Gasteiger partial charge in [-0.25, -0.2) is 0 Å². The van der Waals surface area contributed by atoms with E-state index in [0.29, 0.717) is 17.6 Å². The smallest absolute Gasteiger partial charge is 0.228 e. The first-order valence-electron chi connectivity index (χ1n) is 8.64. The number of allylic oxidation sites excluding steroid dienone is 4. The van der Waals surface area contributed by atoms with Crippen molar-refractivity contribution in [3.05, 3.63) is 34.3 Å². The van der Waals surface area contributed by atoms with Crippen LogP contribution in [0.2, 0.25) is 0 Å². The summed E-state index contributed by atoms with van der Waals surface area (Å²) in [6.07, 6.45) is 3.84. The van der Waals surface area contributed by atoms with Gasteiger partial charge in [-0.1, -0.05) is 46.3 Å². The molecule has 140 valence electrons. The zero-order chi connectivity index (χ0) is 19.6. The molecular weight excluding hydrogens is 316 g/mol. The molecule has 0 fully saturated rings. The number of carbonyl (C=O) groups excluding carboxylic acids is 2. The molecule has 0 heterocycles. The van der Waals surface area contributed by atoms with Crippen LogP contribution in [0.25, 0.3) is 0 Å². The van der Waals surface area contributed by atoms with E-state index in [9.17, 15) is 9.59 Å². The van der Waals surface area contributed by atoms with Gasteiger partial charge in [-0.3, -0.25) is 9.59 Å². The summed E-state index contributed by atoms with van der Waals surface area (Å²) in [6, 6.07) is 0. The van der Waals surface area contributed by atoms with Crippen molar-refractivity contribution in [2.75, 3.05) is 14.2 Å². The number of methoxy groups -OCH3 is 2. The Morgan fingerprint density at radius 3 is 1.88 bits per heavy atom. The monoisotopic (exact) mass is 348 g/mol. The van der Waals surface area contributed by atoms with Crippen molar-refractivity contribution in [1.82, 2.24) is 0 Å². The van der Waals surface area contributed by atoms with Gasteiger partial charge in [0, 0.05) is 11.1 Å². The SMILES string of the molecule is COC1=C(OC)C(=O)C(C(C)(C)CC=C(C)CC(C)(C)C)=C(C)C1=O. The number of carbonyl (C=O) groups is 2. The second-order valence-corrected chi connectivity index (χ2v) is 8.60.